The van der Waals surface area contributed by atoms with Gasteiger partial charge in [-0.05, 0) is 24.1 Å². The maximum absolute atomic E-state index is 9.06. The van der Waals surface area contributed by atoms with Crippen molar-refractivity contribution in [3.63, 3.8) is 0 Å². The normalized spacial score (nSPS) is 19.2. The lowest BCUT2D eigenvalue weighted by Crippen LogP contribution is -1.94. The number of rotatable bonds is 10. The Hall–Kier alpha value is -1.30. The van der Waals surface area contributed by atoms with Gasteiger partial charge in [0.05, 0.1) is 6.61 Å². The molecular formula is C21H30O2. The molecule has 126 valence electrons. The minimum Gasteiger partial charge on any atom is -0.394 e. The fourth-order valence-electron chi connectivity index (χ4n) is 2.88. The second-order valence-corrected chi connectivity index (χ2v) is 6.43. The molecule has 0 radical (unpaired) electrons. The summed E-state index contributed by atoms with van der Waals surface area (Å²) in [6.07, 6.45) is 11.8. The van der Waals surface area contributed by atoms with Gasteiger partial charge in [0.2, 0.25) is 0 Å². The number of hydrogen-bond acceptors (Lipinski definition) is 2. The second kappa shape index (κ2) is 10.5. The molecule has 0 aliphatic carbocycles. The fraction of sp³-hybridized carbons (Fsp3) is 0.619. The lowest BCUT2D eigenvalue weighted by molar-refractivity contribution is 0.242. The zero-order chi connectivity index (χ0) is 16.3. The van der Waals surface area contributed by atoms with Crippen molar-refractivity contribution in [2.24, 2.45) is 0 Å². The van der Waals surface area contributed by atoms with Gasteiger partial charge >= 0.3 is 0 Å². The molecule has 2 atom stereocenters. The van der Waals surface area contributed by atoms with E-state index in [4.69, 9.17) is 9.84 Å². The molecule has 23 heavy (non-hydrogen) atoms. The molecule has 1 aliphatic heterocycles. The first-order valence-corrected chi connectivity index (χ1v) is 9.20. The monoisotopic (exact) mass is 314 g/mol. The Morgan fingerprint density at radius 3 is 2.48 bits per heavy atom. The number of aliphatic hydroxyl groups excluding tert-OH is 1. The molecule has 0 aromatic heterocycles. The number of hydrogen-bond donors (Lipinski definition) is 1. The Bertz CT molecular complexity index is 512. The van der Waals surface area contributed by atoms with Gasteiger partial charge in [-0.25, -0.2) is 0 Å². The Kier molecular flexibility index (Phi) is 8.21. The highest BCUT2D eigenvalue weighted by Crippen LogP contribution is 2.38. The van der Waals surface area contributed by atoms with E-state index in [2.05, 4.69) is 24.8 Å². The first-order chi connectivity index (χ1) is 11.3. The van der Waals surface area contributed by atoms with Gasteiger partial charge in [0, 0.05) is 12.0 Å². The molecule has 1 aliphatic rings. The Balaban J connectivity index is 1.60. The molecule has 0 spiro atoms. The van der Waals surface area contributed by atoms with Crippen LogP contribution in [0.1, 0.15) is 81.9 Å². The quantitative estimate of drug-likeness (QED) is 0.374. The second-order valence-electron chi connectivity index (χ2n) is 6.43. The predicted molar refractivity (Wildman–Crippen MR) is 95.2 cm³/mol. The third-order valence-electron chi connectivity index (χ3n) is 4.37. The standard InChI is InChI=1S/C21H30O2/c1-2-3-4-5-6-7-8-9-10-11-13-18-14-12-15-19(16-18)21-20(17-22)23-21/h12,14-16,20-22H,2-10,17H2,1H3/t20-,21-/m0/s1. The summed E-state index contributed by atoms with van der Waals surface area (Å²) >= 11 is 0. The zero-order valence-corrected chi connectivity index (χ0v) is 14.4. The van der Waals surface area contributed by atoms with Crippen molar-refractivity contribution < 1.29 is 9.84 Å². The molecule has 1 aromatic rings. The average molecular weight is 314 g/mol. The lowest BCUT2D eigenvalue weighted by Gasteiger charge is -1.99. The lowest BCUT2D eigenvalue weighted by atomic mass is 10.1. The van der Waals surface area contributed by atoms with Gasteiger partial charge in [0.15, 0.2) is 0 Å². The van der Waals surface area contributed by atoms with Gasteiger partial charge in [-0.1, -0.05) is 75.8 Å². The number of ether oxygens (including phenoxy) is 1. The molecule has 0 unspecified atom stereocenters. The van der Waals surface area contributed by atoms with Gasteiger partial charge in [-0.3, -0.25) is 0 Å². The summed E-state index contributed by atoms with van der Waals surface area (Å²) in [5.41, 5.74) is 2.18. The summed E-state index contributed by atoms with van der Waals surface area (Å²) in [6, 6.07) is 8.19. The Morgan fingerprint density at radius 2 is 1.78 bits per heavy atom. The van der Waals surface area contributed by atoms with Crippen molar-refractivity contribution in [1.29, 1.82) is 0 Å². The highest BCUT2D eigenvalue weighted by molar-refractivity contribution is 5.39. The first kappa shape index (κ1) is 18.0. The van der Waals surface area contributed by atoms with Gasteiger partial charge in [-0.15, -0.1) is 0 Å². The van der Waals surface area contributed by atoms with Crippen LogP contribution >= 0.6 is 0 Å². The van der Waals surface area contributed by atoms with E-state index in [0.717, 1.165) is 17.5 Å². The van der Waals surface area contributed by atoms with Crippen LogP contribution in [0.15, 0.2) is 24.3 Å². The van der Waals surface area contributed by atoms with E-state index in [-0.39, 0.29) is 18.8 Å². The van der Waals surface area contributed by atoms with Gasteiger partial charge < -0.3 is 9.84 Å². The largest absolute Gasteiger partial charge is 0.394 e. The summed E-state index contributed by atoms with van der Waals surface area (Å²) in [4.78, 5) is 0. The predicted octanol–water partition coefficient (Wildman–Crippen LogP) is 5.00. The van der Waals surface area contributed by atoms with Crippen LogP contribution in [0.4, 0.5) is 0 Å². The minimum atomic E-state index is -0.0180. The third kappa shape index (κ3) is 6.77. The maximum Gasteiger partial charge on any atom is 0.112 e. The first-order valence-electron chi connectivity index (χ1n) is 9.20. The van der Waals surface area contributed by atoms with E-state index >= 15 is 0 Å². The minimum absolute atomic E-state index is 0.0180. The van der Waals surface area contributed by atoms with Crippen LogP contribution in [0.3, 0.4) is 0 Å². The van der Waals surface area contributed by atoms with Crippen molar-refractivity contribution in [2.75, 3.05) is 6.61 Å². The van der Waals surface area contributed by atoms with Crippen molar-refractivity contribution in [3.05, 3.63) is 35.4 Å². The van der Waals surface area contributed by atoms with Crippen LogP contribution < -0.4 is 0 Å². The topological polar surface area (TPSA) is 32.8 Å². The summed E-state index contributed by atoms with van der Waals surface area (Å²) in [6.45, 7) is 2.36. The third-order valence-corrected chi connectivity index (χ3v) is 4.37. The van der Waals surface area contributed by atoms with Crippen LogP contribution in [-0.2, 0) is 4.74 Å². The van der Waals surface area contributed by atoms with Crippen LogP contribution in [0, 0.1) is 11.8 Å². The molecule has 0 bridgehead atoms. The number of aliphatic hydroxyl groups is 1. The summed E-state index contributed by atoms with van der Waals surface area (Å²) in [5, 5.41) is 9.06. The zero-order valence-electron chi connectivity index (χ0n) is 14.4. The molecule has 1 N–H and O–H groups in total. The van der Waals surface area contributed by atoms with Crippen LogP contribution in [0.2, 0.25) is 0 Å². The molecule has 2 heteroatoms. The van der Waals surface area contributed by atoms with Gasteiger partial charge in [0.1, 0.15) is 12.2 Å². The SMILES string of the molecule is CCCCCCCCCCC#Cc1cccc([C@@H]2O[C@H]2CO)c1. The smallest absolute Gasteiger partial charge is 0.112 e. The van der Waals surface area contributed by atoms with E-state index in [1.54, 1.807) is 0 Å². The number of benzene rings is 1. The number of unbranched alkanes of at least 4 members (excludes halogenated alkanes) is 8. The molecule has 0 amide bonds. The fourth-order valence-corrected chi connectivity index (χ4v) is 2.88. The Labute approximate surface area is 141 Å². The van der Waals surface area contributed by atoms with Crippen molar-refractivity contribution in [1.82, 2.24) is 0 Å². The maximum atomic E-state index is 9.06. The van der Waals surface area contributed by atoms with Crippen LogP contribution in [-0.4, -0.2) is 17.8 Å². The van der Waals surface area contributed by atoms with E-state index in [0.29, 0.717) is 0 Å². The van der Waals surface area contributed by atoms with Crippen molar-refractivity contribution in [3.8, 4) is 11.8 Å². The van der Waals surface area contributed by atoms with Crippen molar-refractivity contribution >= 4 is 0 Å². The summed E-state index contributed by atoms with van der Waals surface area (Å²) < 4.78 is 5.41. The van der Waals surface area contributed by atoms with E-state index in [9.17, 15) is 0 Å². The van der Waals surface area contributed by atoms with Gasteiger partial charge in [0.25, 0.3) is 0 Å². The average Bonchev–Trinajstić information content (AvgIpc) is 3.37. The summed E-state index contributed by atoms with van der Waals surface area (Å²) in [5.74, 6) is 6.54. The summed E-state index contributed by atoms with van der Waals surface area (Å²) in [7, 11) is 0. The molecule has 2 nitrogen and oxygen atoms in total. The van der Waals surface area contributed by atoms with Crippen molar-refractivity contribution in [2.45, 2.75) is 76.9 Å². The molecule has 2 rings (SSSR count). The van der Waals surface area contributed by atoms with Crippen LogP contribution in [0.25, 0.3) is 0 Å². The molecular weight excluding hydrogens is 284 g/mol. The van der Waals surface area contributed by atoms with E-state index in [1.165, 1.54) is 51.4 Å². The molecule has 1 aromatic carbocycles. The highest BCUT2D eigenvalue weighted by Gasteiger charge is 2.39. The van der Waals surface area contributed by atoms with Crippen LogP contribution in [0.5, 0.6) is 0 Å². The molecule has 1 saturated heterocycles. The Morgan fingerprint density at radius 1 is 1.04 bits per heavy atom. The molecule has 0 saturated carbocycles. The van der Waals surface area contributed by atoms with Gasteiger partial charge in [-0.2, -0.15) is 0 Å². The highest BCUT2D eigenvalue weighted by atomic mass is 16.6. The number of epoxide rings is 1. The van der Waals surface area contributed by atoms with E-state index in [1.807, 2.05) is 18.2 Å². The van der Waals surface area contributed by atoms with E-state index < -0.39 is 0 Å². The molecule has 1 heterocycles. The molecule has 1 fully saturated rings.